The van der Waals surface area contributed by atoms with Crippen LogP contribution in [0.2, 0.25) is 0 Å². The molecule has 8 heteroatoms. The maximum Gasteiger partial charge on any atom is 0.266 e. The molecule has 0 aromatic heterocycles. The number of likely N-dealkylation sites (tertiary alicyclic amines) is 1. The van der Waals surface area contributed by atoms with Crippen molar-refractivity contribution in [1.82, 2.24) is 10.2 Å². The van der Waals surface area contributed by atoms with Crippen LogP contribution in [0, 0.1) is 0 Å². The lowest BCUT2D eigenvalue weighted by molar-refractivity contribution is -0.122. The van der Waals surface area contributed by atoms with Crippen molar-refractivity contribution < 1.29 is 22.5 Å². The maximum absolute atomic E-state index is 11.5. The molecule has 2 saturated heterocycles. The van der Waals surface area contributed by atoms with Gasteiger partial charge in [-0.3, -0.25) is 14.2 Å². The van der Waals surface area contributed by atoms with Crippen molar-refractivity contribution in [1.29, 1.82) is 0 Å². The number of ether oxygens (including phenoxy) is 1. The van der Waals surface area contributed by atoms with Crippen LogP contribution in [0.5, 0.6) is 5.75 Å². The fourth-order valence-corrected chi connectivity index (χ4v) is 4.45. The molecular formula is C15H20N2O5S. The number of nitrogens with one attached hydrogen (secondary N) is 1. The van der Waals surface area contributed by atoms with E-state index in [1.165, 1.54) is 0 Å². The second-order valence-corrected chi connectivity index (χ2v) is 7.72. The summed E-state index contributed by atoms with van der Waals surface area (Å²) in [5.74, 6) is 0.324. The Morgan fingerprint density at radius 3 is 2.61 bits per heavy atom. The predicted octanol–water partition coefficient (Wildman–Crippen LogP) is 0.416. The lowest BCUT2D eigenvalue weighted by Gasteiger charge is -2.55. The van der Waals surface area contributed by atoms with Crippen LogP contribution in [0.15, 0.2) is 24.3 Å². The molecule has 0 saturated carbocycles. The summed E-state index contributed by atoms with van der Waals surface area (Å²) in [5, 5.41) is 2.90. The lowest BCUT2D eigenvalue weighted by Crippen LogP contribution is -2.75. The molecule has 1 amide bonds. The van der Waals surface area contributed by atoms with Crippen molar-refractivity contribution in [2.75, 3.05) is 19.4 Å². The van der Waals surface area contributed by atoms with Gasteiger partial charge in [0.25, 0.3) is 10.1 Å². The van der Waals surface area contributed by atoms with E-state index in [-0.39, 0.29) is 11.7 Å². The highest BCUT2D eigenvalue weighted by atomic mass is 32.2. The standard InChI is InChI=1S/C15H20N2O5S/c1-22-12-4-2-11(3-5-12)8-17-10-15(7-6-14(18)16-15)13(17)9-23(19,20)21/h2-5,13H,6-10H2,1H3,(H,16,18)(H,19,20,21). The van der Waals surface area contributed by atoms with Crippen molar-refractivity contribution in [3.63, 3.8) is 0 Å². The Kier molecular flexibility index (Phi) is 4.07. The number of amides is 1. The highest BCUT2D eigenvalue weighted by molar-refractivity contribution is 7.85. The van der Waals surface area contributed by atoms with Gasteiger partial charge in [0.1, 0.15) is 5.75 Å². The van der Waals surface area contributed by atoms with Gasteiger partial charge in [0.2, 0.25) is 5.91 Å². The van der Waals surface area contributed by atoms with Crippen LogP contribution in [0.25, 0.3) is 0 Å². The molecular weight excluding hydrogens is 320 g/mol. The third-order valence-electron chi connectivity index (χ3n) is 4.66. The molecule has 0 bridgehead atoms. The van der Waals surface area contributed by atoms with Crippen molar-refractivity contribution in [2.45, 2.75) is 31.0 Å². The zero-order valence-corrected chi connectivity index (χ0v) is 13.7. The summed E-state index contributed by atoms with van der Waals surface area (Å²) in [6.07, 6.45) is 1.00. The average Bonchev–Trinajstić information content (AvgIpc) is 2.88. The van der Waals surface area contributed by atoms with E-state index < -0.39 is 21.7 Å². The number of carbonyl (C=O) groups is 1. The van der Waals surface area contributed by atoms with Crippen molar-refractivity contribution in [3.05, 3.63) is 29.8 Å². The van der Waals surface area contributed by atoms with Gasteiger partial charge in [-0.15, -0.1) is 0 Å². The molecule has 2 unspecified atom stereocenters. The number of hydrogen-bond acceptors (Lipinski definition) is 5. The Morgan fingerprint density at radius 2 is 2.09 bits per heavy atom. The topological polar surface area (TPSA) is 95.9 Å². The second-order valence-electron chi connectivity index (χ2n) is 6.22. The average molecular weight is 340 g/mol. The molecule has 2 aliphatic rings. The first-order chi connectivity index (χ1) is 10.8. The van der Waals surface area contributed by atoms with Gasteiger partial charge in [-0.25, -0.2) is 0 Å². The molecule has 126 valence electrons. The first-order valence-corrected chi connectivity index (χ1v) is 9.05. The van der Waals surface area contributed by atoms with E-state index in [0.717, 1.165) is 11.3 Å². The van der Waals surface area contributed by atoms with Crippen LogP contribution in [-0.4, -0.2) is 54.8 Å². The molecule has 2 atom stereocenters. The molecule has 0 aliphatic carbocycles. The molecule has 3 rings (SSSR count). The molecule has 2 heterocycles. The number of carbonyl (C=O) groups excluding carboxylic acids is 1. The van der Waals surface area contributed by atoms with Gasteiger partial charge in [-0.1, -0.05) is 12.1 Å². The summed E-state index contributed by atoms with van der Waals surface area (Å²) < 4.78 is 37.0. The zero-order chi connectivity index (χ0) is 16.7. The lowest BCUT2D eigenvalue weighted by atomic mass is 9.79. The molecule has 2 N–H and O–H groups in total. The van der Waals surface area contributed by atoms with E-state index in [0.29, 0.717) is 25.9 Å². The van der Waals surface area contributed by atoms with E-state index in [9.17, 15) is 17.8 Å². The third-order valence-corrected chi connectivity index (χ3v) is 5.40. The SMILES string of the molecule is COc1ccc(CN2CC3(CCC(=O)N3)C2CS(=O)(=O)O)cc1. The Balaban J connectivity index is 1.74. The van der Waals surface area contributed by atoms with Gasteiger partial charge < -0.3 is 10.1 Å². The van der Waals surface area contributed by atoms with Gasteiger partial charge in [0.15, 0.2) is 0 Å². The Hall–Kier alpha value is -1.64. The van der Waals surface area contributed by atoms with Gasteiger partial charge in [0.05, 0.1) is 24.4 Å². The van der Waals surface area contributed by atoms with Crippen LogP contribution in [-0.2, 0) is 21.5 Å². The predicted molar refractivity (Wildman–Crippen MR) is 83.7 cm³/mol. The quantitative estimate of drug-likeness (QED) is 0.754. The van der Waals surface area contributed by atoms with E-state index in [1.54, 1.807) is 7.11 Å². The number of rotatable bonds is 5. The molecule has 2 fully saturated rings. The molecule has 2 aliphatic heterocycles. The van der Waals surface area contributed by atoms with Crippen molar-refractivity contribution >= 4 is 16.0 Å². The minimum Gasteiger partial charge on any atom is -0.497 e. The van der Waals surface area contributed by atoms with Crippen LogP contribution in [0.3, 0.4) is 0 Å². The highest BCUT2D eigenvalue weighted by Gasteiger charge is 2.56. The largest absolute Gasteiger partial charge is 0.497 e. The zero-order valence-electron chi connectivity index (χ0n) is 12.9. The monoisotopic (exact) mass is 340 g/mol. The fraction of sp³-hybridized carbons (Fsp3) is 0.533. The van der Waals surface area contributed by atoms with Crippen molar-refractivity contribution in [3.8, 4) is 5.75 Å². The van der Waals surface area contributed by atoms with Crippen LogP contribution in [0.1, 0.15) is 18.4 Å². The molecule has 1 spiro atoms. The molecule has 0 radical (unpaired) electrons. The number of benzene rings is 1. The molecule has 1 aromatic rings. The van der Waals surface area contributed by atoms with Gasteiger partial charge in [-0.05, 0) is 24.1 Å². The minimum absolute atomic E-state index is 0.0607. The van der Waals surface area contributed by atoms with E-state index in [1.807, 2.05) is 29.2 Å². The number of hydrogen-bond donors (Lipinski definition) is 2. The Morgan fingerprint density at radius 1 is 1.39 bits per heavy atom. The summed E-state index contributed by atoms with van der Waals surface area (Å²) >= 11 is 0. The summed E-state index contributed by atoms with van der Waals surface area (Å²) in [6.45, 7) is 1.15. The summed E-state index contributed by atoms with van der Waals surface area (Å²) in [5.41, 5.74) is 0.490. The Bertz CT molecular complexity index is 703. The first-order valence-electron chi connectivity index (χ1n) is 7.44. The molecule has 23 heavy (non-hydrogen) atoms. The van der Waals surface area contributed by atoms with Gasteiger partial charge in [-0.2, -0.15) is 8.42 Å². The smallest absolute Gasteiger partial charge is 0.266 e. The fourth-order valence-electron chi connectivity index (χ4n) is 3.52. The minimum atomic E-state index is -4.11. The molecule has 7 nitrogen and oxygen atoms in total. The van der Waals surface area contributed by atoms with Crippen molar-refractivity contribution in [2.24, 2.45) is 0 Å². The van der Waals surface area contributed by atoms with Crippen LogP contribution < -0.4 is 10.1 Å². The number of methoxy groups -OCH3 is 1. The van der Waals surface area contributed by atoms with Gasteiger partial charge in [0, 0.05) is 19.5 Å². The van der Waals surface area contributed by atoms with E-state index >= 15 is 0 Å². The summed E-state index contributed by atoms with van der Waals surface area (Å²) in [6, 6.07) is 7.12. The highest BCUT2D eigenvalue weighted by Crippen LogP contribution is 2.38. The van der Waals surface area contributed by atoms with E-state index in [2.05, 4.69) is 5.32 Å². The van der Waals surface area contributed by atoms with Gasteiger partial charge >= 0.3 is 0 Å². The van der Waals surface area contributed by atoms with E-state index in [4.69, 9.17) is 4.74 Å². The maximum atomic E-state index is 11.5. The normalized spacial score (nSPS) is 27.7. The Labute approximate surface area is 135 Å². The summed E-state index contributed by atoms with van der Waals surface area (Å²) in [4.78, 5) is 13.5. The number of nitrogens with zero attached hydrogens (tertiary/aromatic N) is 1. The first kappa shape index (κ1) is 16.2. The summed E-state index contributed by atoms with van der Waals surface area (Å²) in [7, 11) is -2.52. The third kappa shape index (κ3) is 3.34. The van der Waals surface area contributed by atoms with Crippen LogP contribution >= 0.6 is 0 Å². The van der Waals surface area contributed by atoms with Crippen LogP contribution in [0.4, 0.5) is 0 Å². The molecule has 1 aromatic carbocycles. The second kappa shape index (κ2) is 5.77.